The summed E-state index contributed by atoms with van der Waals surface area (Å²) in [6.07, 6.45) is -0.376. The lowest BCUT2D eigenvalue weighted by atomic mass is 10.0. The number of hydrogen-bond acceptors (Lipinski definition) is 6. The van der Waals surface area contributed by atoms with Crippen molar-refractivity contribution in [3.63, 3.8) is 0 Å². The van der Waals surface area contributed by atoms with E-state index in [0.29, 0.717) is 0 Å². The molecule has 0 aliphatic carbocycles. The number of hydrogen-bond donors (Lipinski definition) is 0. The highest BCUT2D eigenvalue weighted by molar-refractivity contribution is 4.66. The predicted molar refractivity (Wildman–Crippen MR) is 43.5 cm³/mol. The first-order valence-electron chi connectivity index (χ1n) is 3.85. The molecule has 0 bridgehead atoms. The summed E-state index contributed by atoms with van der Waals surface area (Å²) in [6.45, 7) is -0.297. The molecule has 9 nitrogen and oxygen atoms in total. The fourth-order valence-electron chi connectivity index (χ4n) is 1.13. The minimum atomic E-state index is -3.69. The summed E-state index contributed by atoms with van der Waals surface area (Å²) in [4.78, 5) is 26.3. The summed E-state index contributed by atoms with van der Waals surface area (Å²) in [7, 11) is 0. The molecule has 0 saturated heterocycles. The molecule has 0 spiro atoms. The van der Waals surface area contributed by atoms with E-state index >= 15 is 0 Å². The summed E-state index contributed by atoms with van der Waals surface area (Å²) in [6, 6.07) is 0. The fourth-order valence-corrected chi connectivity index (χ4v) is 1.13. The van der Waals surface area contributed by atoms with Crippen molar-refractivity contribution >= 4 is 0 Å². The van der Waals surface area contributed by atoms with Crippen LogP contribution in [0.4, 0.5) is 4.39 Å². The Hall–Kier alpha value is -1.87. The van der Waals surface area contributed by atoms with Crippen LogP contribution in [-0.4, -0.2) is 27.2 Å². The lowest BCUT2D eigenvalue weighted by Crippen LogP contribution is -2.59. The molecule has 1 unspecified atom stereocenters. The van der Waals surface area contributed by atoms with Gasteiger partial charge in [0.15, 0.2) is 14.8 Å². The van der Waals surface area contributed by atoms with Crippen LogP contribution in [0.15, 0.2) is 0 Å². The van der Waals surface area contributed by atoms with Crippen molar-refractivity contribution in [2.45, 2.75) is 19.1 Å². The van der Waals surface area contributed by atoms with Gasteiger partial charge in [0, 0.05) is 0 Å². The largest absolute Gasteiger partial charge is 0.705 e. The zero-order chi connectivity index (χ0) is 12.2. The van der Waals surface area contributed by atoms with Crippen LogP contribution < -0.4 is 0 Å². The van der Waals surface area contributed by atoms with Gasteiger partial charge in [-0.1, -0.05) is 6.92 Å². The Bertz CT molecular complexity index is 254. The Morgan fingerprint density at radius 3 is 1.53 bits per heavy atom. The van der Waals surface area contributed by atoms with Crippen LogP contribution >= 0.6 is 0 Å². The normalized spacial score (nSPS) is 13.2. The van der Waals surface area contributed by atoms with Crippen molar-refractivity contribution < 1.29 is 19.2 Å². The highest BCUT2D eigenvalue weighted by Gasteiger charge is 2.75. The first-order chi connectivity index (χ1) is 6.85. The second-order valence-corrected chi connectivity index (χ2v) is 2.72. The maximum absolute atomic E-state index is 12.3. The van der Waals surface area contributed by atoms with Crippen LogP contribution in [0, 0.1) is 36.3 Å². The maximum Gasteiger partial charge on any atom is 0.705 e. The summed E-state index contributed by atoms with van der Waals surface area (Å²) in [5.74, 6) is -5.58. The first kappa shape index (κ1) is 13.1. The molecule has 1 atom stereocenters. The molecular formula is C5H8FN3O6. The Morgan fingerprint density at radius 1 is 1.13 bits per heavy atom. The van der Waals surface area contributed by atoms with Crippen molar-refractivity contribution in [1.29, 1.82) is 0 Å². The quantitative estimate of drug-likeness (QED) is 0.366. The van der Waals surface area contributed by atoms with Gasteiger partial charge in [-0.2, -0.15) is 0 Å². The van der Waals surface area contributed by atoms with E-state index < -0.39 is 33.1 Å². The van der Waals surface area contributed by atoms with Crippen LogP contribution in [0.25, 0.3) is 0 Å². The Labute approximate surface area is 82.3 Å². The third-order valence-electron chi connectivity index (χ3n) is 2.03. The Kier molecular flexibility index (Phi) is 4.00. The van der Waals surface area contributed by atoms with Gasteiger partial charge in [-0.3, -0.25) is 30.3 Å². The lowest BCUT2D eigenvalue weighted by Gasteiger charge is -2.14. The maximum atomic E-state index is 12.3. The van der Waals surface area contributed by atoms with E-state index in [4.69, 9.17) is 0 Å². The van der Waals surface area contributed by atoms with Gasteiger partial charge < -0.3 is 0 Å². The average Bonchev–Trinajstić information content (AvgIpc) is 2.11. The topological polar surface area (TPSA) is 129 Å². The third kappa shape index (κ3) is 1.82. The molecule has 0 radical (unpaired) electrons. The SMILES string of the molecule is CCC(CF)C([N+](=O)[O-])([N+](=O)[O-])[N+](=O)[O-]. The molecule has 0 fully saturated rings. The monoisotopic (exact) mass is 225 g/mol. The van der Waals surface area contributed by atoms with Crippen LogP contribution in [0.2, 0.25) is 0 Å². The molecule has 0 N–H and O–H groups in total. The van der Waals surface area contributed by atoms with Gasteiger partial charge in [0.05, 0.1) is 0 Å². The molecule has 0 rings (SSSR count). The summed E-state index contributed by atoms with van der Waals surface area (Å²) in [5.41, 5.74) is 0. The number of nitrogens with zero attached hydrogens (tertiary/aromatic N) is 3. The molecule has 10 heteroatoms. The number of halogens is 1. The summed E-state index contributed by atoms with van der Waals surface area (Å²) < 4.78 is 12.3. The van der Waals surface area contributed by atoms with E-state index in [1.165, 1.54) is 6.92 Å². The van der Waals surface area contributed by atoms with Gasteiger partial charge in [-0.05, 0) is 6.42 Å². The van der Waals surface area contributed by atoms with E-state index in [1.54, 1.807) is 0 Å². The molecule has 0 heterocycles. The highest BCUT2D eigenvalue weighted by Crippen LogP contribution is 2.26. The minimum Gasteiger partial charge on any atom is -0.253 e. The van der Waals surface area contributed by atoms with Crippen LogP contribution in [-0.2, 0) is 0 Å². The molecule has 0 aliphatic heterocycles. The molecule has 15 heavy (non-hydrogen) atoms. The third-order valence-corrected chi connectivity index (χ3v) is 2.03. The lowest BCUT2D eigenvalue weighted by molar-refractivity contribution is -0.978. The zero-order valence-electron chi connectivity index (χ0n) is 7.66. The first-order valence-corrected chi connectivity index (χ1v) is 3.85. The van der Waals surface area contributed by atoms with E-state index in [2.05, 4.69) is 0 Å². The standard InChI is InChI=1S/C5H8FN3O6/c1-2-4(3-6)5(7(10)11,8(12)13)9(14)15/h4H,2-3H2,1H3. The molecular weight excluding hydrogens is 217 g/mol. The van der Waals surface area contributed by atoms with E-state index in [9.17, 15) is 34.7 Å². The molecule has 0 aromatic rings. The second kappa shape index (κ2) is 4.57. The van der Waals surface area contributed by atoms with Gasteiger partial charge in [-0.15, -0.1) is 0 Å². The Balaban J connectivity index is 5.61. The number of nitro groups is 3. The van der Waals surface area contributed by atoms with Gasteiger partial charge >= 0.3 is 5.79 Å². The number of alkyl halides is 1. The van der Waals surface area contributed by atoms with Crippen molar-refractivity contribution in [3.05, 3.63) is 30.3 Å². The second-order valence-electron chi connectivity index (χ2n) is 2.72. The smallest absolute Gasteiger partial charge is 0.253 e. The van der Waals surface area contributed by atoms with Crippen LogP contribution in [0.1, 0.15) is 13.3 Å². The van der Waals surface area contributed by atoms with Crippen LogP contribution in [0.3, 0.4) is 0 Å². The average molecular weight is 225 g/mol. The molecule has 0 aromatic carbocycles. The zero-order valence-corrected chi connectivity index (χ0v) is 7.66. The summed E-state index contributed by atoms with van der Waals surface area (Å²) in [5, 5.41) is 31.3. The minimum absolute atomic E-state index is 0.376. The van der Waals surface area contributed by atoms with E-state index in [0.717, 1.165) is 0 Å². The van der Waals surface area contributed by atoms with Gasteiger partial charge in [0.1, 0.15) is 6.67 Å². The molecule has 0 aromatic heterocycles. The van der Waals surface area contributed by atoms with Crippen molar-refractivity contribution in [2.75, 3.05) is 6.67 Å². The van der Waals surface area contributed by atoms with Gasteiger partial charge in [0.25, 0.3) is 0 Å². The van der Waals surface area contributed by atoms with Crippen molar-refractivity contribution in [3.8, 4) is 0 Å². The Morgan fingerprint density at radius 2 is 1.47 bits per heavy atom. The van der Waals surface area contributed by atoms with Gasteiger partial charge in [0.2, 0.25) is 5.92 Å². The molecule has 0 saturated carbocycles. The molecule has 86 valence electrons. The fraction of sp³-hybridized carbons (Fsp3) is 1.00. The van der Waals surface area contributed by atoms with E-state index in [-0.39, 0.29) is 6.42 Å². The van der Waals surface area contributed by atoms with Gasteiger partial charge in [-0.25, -0.2) is 4.39 Å². The summed E-state index contributed by atoms with van der Waals surface area (Å²) >= 11 is 0. The number of rotatable bonds is 6. The predicted octanol–water partition coefficient (Wildman–Crippen LogP) is 0.466. The van der Waals surface area contributed by atoms with Crippen molar-refractivity contribution in [2.24, 2.45) is 5.92 Å². The van der Waals surface area contributed by atoms with Crippen molar-refractivity contribution in [1.82, 2.24) is 0 Å². The molecule has 0 aliphatic rings. The van der Waals surface area contributed by atoms with Crippen LogP contribution in [0.5, 0.6) is 0 Å². The van der Waals surface area contributed by atoms with E-state index in [1.807, 2.05) is 0 Å². The molecule has 0 amide bonds. The highest BCUT2D eigenvalue weighted by atomic mass is 19.1.